The number of carbonyl (C=O) groups is 1. The Hall–Kier alpha value is -0.610. The van der Waals surface area contributed by atoms with E-state index in [0.717, 1.165) is 64.6 Å². The summed E-state index contributed by atoms with van der Waals surface area (Å²) in [7, 11) is 0. The molecule has 2 rings (SSSR count). The Kier molecular flexibility index (Phi) is 13.9. The van der Waals surface area contributed by atoms with Crippen molar-refractivity contribution >= 4 is 35.8 Å². The number of nitrogens with zero attached hydrogens (tertiary/aromatic N) is 2. The van der Waals surface area contributed by atoms with Gasteiger partial charge >= 0.3 is 0 Å². The number of ether oxygens (including phenoxy) is 1. The number of amides is 1. The fourth-order valence-electron chi connectivity index (χ4n) is 4.03. The minimum atomic E-state index is 0. The molecule has 29 heavy (non-hydrogen) atoms. The molecular weight excluding hydrogens is 481 g/mol. The lowest BCUT2D eigenvalue weighted by molar-refractivity contribution is -0.121. The molecule has 2 fully saturated rings. The highest BCUT2D eigenvalue weighted by Gasteiger charge is 2.22. The van der Waals surface area contributed by atoms with Crippen LogP contribution >= 0.6 is 24.0 Å². The first-order valence-electron chi connectivity index (χ1n) is 11.2. The van der Waals surface area contributed by atoms with Gasteiger partial charge < -0.3 is 20.7 Å². The van der Waals surface area contributed by atoms with E-state index < -0.39 is 0 Å². The lowest BCUT2D eigenvalue weighted by atomic mass is 10.0. The third-order valence-electron chi connectivity index (χ3n) is 5.47. The predicted molar refractivity (Wildman–Crippen MR) is 130 cm³/mol. The first-order valence-corrected chi connectivity index (χ1v) is 11.2. The highest BCUT2D eigenvalue weighted by molar-refractivity contribution is 14.0. The van der Waals surface area contributed by atoms with E-state index in [-0.39, 0.29) is 29.9 Å². The van der Waals surface area contributed by atoms with Gasteiger partial charge in [0.15, 0.2) is 5.96 Å². The van der Waals surface area contributed by atoms with E-state index in [9.17, 15) is 4.79 Å². The maximum absolute atomic E-state index is 12.1. The van der Waals surface area contributed by atoms with Crippen LogP contribution in [0, 0.1) is 5.92 Å². The first kappa shape index (κ1) is 26.4. The maximum atomic E-state index is 12.1. The molecule has 1 amide bonds. The number of aliphatic imine (C=N–C) groups is 1. The lowest BCUT2D eigenvalue weighted by Gasteiger charge is -2.34. The molecule has 1 unspecified atom stereocenters. The molecular formula is C21H42IN5O2. The standard InChI is InChI=1S/C21H41N5O2.HI/c1-4-22-21(23-10-9-20(27)25-18-7-5-6-8-18)24-16-19(15-17(2)3)26-11-13-28-14-12-26;/h17-19H,4-16H2,1-3H3,(H,25,27)(H2,22,23,24);1H. The Morgan fingerprint density at radius 2 is 1.86 bits per heavy atom. The van der Waals surface area contributed by atoms with Gasteiger partial charge in [0, 0.05) is 44.7 Å². The minimum Gasteiger partial charge on any atom is -0.379 e. The molecule has 1 aliphatic heterocycles. The molecule has 1 saturated carbocycles. The van der Waals surface area contributed by atoms with Crippen LogP contribution in [0.4, 0.5) is 0 Å². The zero-order chi connectivity index (χ0) is 20.2. The second kappa shape index (κ2) is 15.2. The number of hydrogen-bond acceptors (Lipinski definition) is 4. The minimum absolute atomic E-state index is 0. The second-order valence-corrected chi connectivity index (χ2v) is 8.38. The average molecular weight is 524 g/mol. The first-order chi connectivity index (χ1) is 13.6. The van der Waals surface area contributed by atoms with Gasteiger partial charge in [-0.3, -0.25) is 14.7 Å². The summed E-state index contributed by atoms with van der Waals surface area (Å²) in [4.78, 5) is 19.4. The van der Waals surface area contributed by atoms with Gasteiger partial charge in [-0.15, -0.1) is 24.0 Å². The molecule has 0 radical (unpaired) electrons. The Bertz CT molecular complexity index is 478. The van der Waals surface area contributed by atoms with Gasteiger partial charge in [0.25, 0.3) is 0 Å². The van der Waals surface area contributed by atoms with Gasteiger partial charge in [-0.2, -0.15) is 0 Å². The highest BCUT2D eigenvalue weighted by Crippen LogP contribution is 2.17. The van der Waals surface area contributed by atoms with Crippen LogP contribution in [-0.4, -0.2) is 74.8 Å². The monoisotopic (exact) mass is 523 g/mol. The Balaban J connectivity index is 0.00000420. The van der Waals surface area contributed by atoms with Crippen molar-refractivity contribution in [2.45, 2.75) is 71.4 Å². The molecule has 0 aromatic heterocycles. The highest BCUT2D eigenvalue weighted by atomic mass is 127. The molecule has 1 saturated heterocycles. The molecule has 0 aromatic carbocycles. The number of morpholine rings is 1. The van der Waals surface area contributed by atoms with Crippen LogP contribution in [0.25, 0.3) is 0 Å². The van der Waals surface area contributed by atoms with Gasteiger partial charge in [0.05, 0.1) is 19.8 Å². The molecule has 7 nitrogen and oxygen atoms in total. The summed E-state index contributed by atoms with van der Waals surface area (Å²) in [6.07, 6.45) is 6.35. The van der Waals surface area contributed by atoms with Crippen molar-refractivity contribution < 1.29 is 9.53 Å². The van der Waals surface area contributed by atoms with Crippen molar-refractivity contribution in [2.75, 3.05) is 45.9 Å². The van der Waals surface area contributed by atoms with E-state index in [1.54, 1.807) is 0 Å². The second-order valence-electron chi connectivity index (χ2n) is 8.38. The summed E-state index contributed by atoms with van der Waals surface area (Å²) in [5.41, 5.74) is 0. The van der Waals surface area contributed by atoms with Crippen LogP contribution < -0.4 is 16.0 Å². The molecule has 8 heteroatoms. The predicted octanol–water partition coefficient (Wildman–Crippen LogP) is 2.36. The van der Waals surface area contributed by atoms with E-state index in [2.05, 4.69) is 41.6 Å². The summed E-state index contributed by atoms with van der Waals surface area (Å²) in [5, 5.41) is 9.77. The quantitative estimate of drug-likeness (QED) is 0.233. The van der Waals surface area contributed by atoms with Gasteiger partial charge in [-0.25, -0.2) is 0 Å². The van der Waals surface area contributed by atoms with Crippen molar-refractivity contribution in [2.24, 2.45) is 10.9 Å². The van der Waals surface area contributed by atoms with Crippen molar-refractivity contribution in [1.29, 1.82) is 0 Å². The molecule has 0 spiro atoms. The smallest absolute Gasteiger partial charge is 0.221 e. The van der Waals surface area contributed by atoms with E-state index in [1.165, 1.54) is 12.8 Å². The van der Waals surface area contributed by atoms with E-state index in [4.69, 9.17) is 9.73 Å². The maximum Gasteiger partial charge on any atom is 0.221 e. The van der Waals surface area contributed by atoms with Crippen LogP contribution in [0.2, 0.25) is 0 Å². The van der Waals surface area contributed by atoms with Crippen LogP contribution in [-0.2, 0) is 9.53 Å². The molecule has 0 aromatic rings. The van der Waals surface area contributed by atoms with Gasteiger partial charge in [0.2, 0.25) is 5.91 Å². The lowest BCUT2D eigenvalue weighted by Crippen LogP contribution is -2.46. The molecule has 170 valence electrons. The largest absolute Gasteiger partial charge is 0.379 e. The van der Waals surface area contributed by atoms with Gasteiger partial charge in [0.1, 0.15) is 0 Å². The third-order valence-corrected chi connectivity index (χ3v) is 5.47. The number of rotatable bonds is 10. The van der Waals surface area contributed by atoms with Crippen LogP contribution in [0.5, 0.6) is 0 Å². The van der Waals surface area contributed by atoms with Gasteiger partial charge in [-0.1, -0.05) is 26.7 Å². The SMILES string of the molecule is CCNC(=NCC(CC(C)C)N1CCOCC1)NCCC(=O)NC1CCCC1.I. The number of guanidine groups is 1. The Morgan fingerprint density at radius 3 is 2.48 bits per heavy atom. The fraction of sp³-hybridized carbons (Fsp3) is 0.905. The topological polar surface area (TPSA) is 78.0 Å². The molecule has 3 N–H and O–H groups in total. The molecule has 2 aliphatic rings. The number of halogens is 1. The van der Waals surface area contributed by atoms with Gasteiger partial charge in [-0.05, 0) is 32.1 Å². The number of hydrogen-bond donors (Lipinski definition) is 3. The Labute approximate surface area is 194 Å². The van der Waals surface area contributed by atoms with Crippen molar-refractivity contribution in [3.05, 3.63) is 0 Å². The molecule has 1 atom stereocenters. The summed E-state index contributed by atoms with van der Waals surface area (Å²) in [6, 6.07) is 0.824. The molecule has 1 aliphatic carbocycles. The zero-order valence-electron chi connectivity index (χ0n) is 18.5. The zero-order valence-corrected chi connectivity index (χ0v) is 20.9. The van der Waals surface area contributed by atoms with E-state index in [1.807, 2.05) is 0 Å². The summed E-state index contributed by atoms with van der Waals surface area (Å²) in [6.45, 7) is 12.4. The normalized spacial score (nSPS) is 19.7. The fourth-order valence-corrected chi connectivity index (χ4v) is 4.03. The third kappa shape index (κ3) is 10.8. The summed E-state index contributed by atoms with van der Waals surface area (Å²) < 4.78 is 5.50. The van der Waals surface area contributed by atoms with Crippen LogP contribution in [0.3, 0.4) is 0 Å². The van der Waals surface area contributed by atoms with Crippen molar-refractivity contribution in [3.63, 3.8) is 0 Å². The van der Waals surface area contributed by atoms with Crippen LogP contribution in [0.1, 0.15) is 59.3 Å². The van der Waals surface area contributed by atoms with Crippen LogP contribution in [0.15, 0.2) is 4.99 Å². The van der Waals surface area contributed by atoms with Crippen molar-refractivity contribution in [3.8, 4) is 0 Å². The molecule has 1 heterocycles. The summed E-state index contributed by atoms with van der Waals surface area (Å²) in [5.74, 6) is 1.58. The summed E-state index contributed by atoms with van der Waals surface area (Å²) >= 11 is 0. The molecule has 0 bridgehead atoms. The van der Waals surface area contributed by atoms with E-state index >= 15 is 0 Å². The Morgan fingerprint density at radius 1 is 1.17 bits per heavy atom. The number of carbonyl (C=O) groups excluding carboxylic acids is 1. The van der Waals surface area contributed by atoms with Crippen molar-refractivity contribution in [1.82, 2.24) is 20.9 Å². The average Bonchev–Trinajstić information content (AvgIpc) is 3.18. The van der Waals surface area contributed by atoms with E-state index in [0.29, 0.717) is 31.0 Å². The number of nitrogens with one attached hydrogen (secondary N) is 3.